The van der Waals surface area contributed by atoms with Crippen LogP contribution in [0.3, 0.4) is 0 Å². The molecule has 0 atom stereocenters. The largest absolute Gasteiger partial charge is 0.350 e. The van der Waals surface area contributed by atoms with E-state index in [1.165, 1.54) is 22.0 Å². The van der Waals surface area contributed by atoms with Gasteiger partial charge in [0.1, 0.15) is 0 Å². The molecule has 0 saturated heterocycles. The van der Waals surface area contributed by atoms with Gasteiger partial charge in [-0.15, -0.1) is 0 Å². The summed E-state index contributed by atoms with van der Waals surface area (Å²) in [6, 6.07) is 6.95. The van der Waals surface area contributed by atoms with Crippen molar-refractivity contribution in [3.05, 3.63) is 35.5 Å². The smallest absolute Gasteiger partial charge is 0.0515 e. The van der Waals surface area contributed by atoms with Crippen molar-refractivity contribution in [1.82, 2.24) is 4.57 Å². The minimum atomic E-state index is 0.172. The average molecular weight is 243 g/mol. The van der Waals surface area contributed by atoms with Crippen LogP contribution in [-0.2, 0) is 17.9 Å². The second-order valence-corrected chi connectivity index (χ2v) is 7.39. The third kappa shape index (κ3) is 2.19. The monoisotopic (exact) mass is 243 g/mol. The highest BCUT2D eigenvalue weighted by Crippen LogP contribution is 2.35. The van der Waals surface area contributed by atoms with Gasteiger partial charge >= 0.3 is 0 Å². The van der Waals surface area contributed by atoms with Gasteiger partial charge in [0.25, 0.3) is 0 Å². The predicted molar refractivity (Wildman–Crippen MR) is 80.3 cm³/mol. The fourth-order valence-electron chi connectivity index (χ4n) is 2.45. The Kier molecular flexibility index (Phi) is 2.84. The first-order valence-electron chi connectivity index (χ1n) is 6.71. The van der Waals surface area contributed by atoms with E-state index in [4.69, 9.17) is 0 Å². The summed E-state index contributed by atoms with van der Waals surface area (Å²) >= 11 is 0. The Bertz CT molecular complexity index is 574. The highest BCUT2D eigenvalue weighted by atomic mass is 14.9. The number of aryl methyl sites for hydroxylation is 1. The van der Waals surface area contributed by atoms with E-state index in [2.05, 4.69) is 77.6 Å². The van der Waals surface area contributed by atoms with E-state index in [9.17, 15) is 0 Å². The van der Waals surface area contributed by atoms with Crippen molar-refractivity contribution >= 4 is 10.9 Å². The van der Waals surface area contributed by atoms with E-state index in [1.807, 2.05) is 0 Å². The molecule has 0 aliphatic rings. The van der Waals surface area contributed by atoms with Crippen LogP contribution in [0, 0.1) is 0 Å². The topological polar surface area (TPSA) is 4.93 Å². The molecule has 0 N–H and O–H groups in total. The SMILES string of the molecule is Cn1ccc2cc(C(C)(C)C)cc(C(C)(C)C)c21. The summed E-state index contributed by atoms with van der Waals surface area (Å²) in [5.74, 6) is 0. The summed E-state index contributed by atoms with van der Waals surface area (Å²) in [5, 5.41) is 1.36. The van der Waals surface area contributed by atoms with Crippen LogP contribution in [0.15, 0.2) is 24.4 Å². The van der Waals surface area contributed by atoms with Gasteiger partial charge in [-0.25, -0.2) is 0 Å². The maximum absolute atomic E-state index is 2.39. The summed E-state index contributed by atoms with van der Waals surface area (Å²) in [5.41, 5.74) is 4.61. The summed E-state index contributed by atoms with van der Waals surface area (Å²) in [6.07, 6.45) is 2.16. The number of hydrogen-bond donors (Lipinski definition) is 0. The van der Waals surface area contributed by atoms with Crippen molar-refractivity contribution in [1.29, 1.82) is 0 Å². The van der Waals surface area contributed by atoms with Crippen molar-refractivity contribution in [2.24, 2.45) is 7.05 Å². The van der Waals surface area contributed by atoms with Crippen molar-refractivity contribution in [3.63, 3.8) is 0 Å². The van der Waals surface area contributed by atoms with Crippen LogP contribution < -0.4 is 0 Å². The summed E-state index contributed by atoms with van der Waals surface area (Å²) < 4.78 is 2.24. The van der Waals surface area contributed by atoms with Crippen LogP contribution in [0.1, 0.15) is 52.7 Å². The summed E-state index contributed by atoms with van der Waals surface area (Å²) in [7, 11) is 2.13. The van der Waals surface area contributed by atoms with Gasteiger partial charge in [-0.1, -0.05) is 47.6 Å². The molecule has 0 bridgehead atoms. The lowest BCUT2D eigenvalue weighted by Crippen LogP contribution is -2.17. The zero-order chi connectivity index (χ0) is 13.7. The molecule has 0 aliphatic carbocycles. The quantitative estimate of drug-likeness (QED) is 0.628. The highest BCUT2D eigenvalue weighted by molar-refractivity contribution is 5.85. The molecule has 2 aromatic rings. The highest BCUT2D eigenvalue weighted by Gasteiger charge is 2.23. The Balaban J connectivity index is 2.83. The lowest BCUT2D eigenvalue weighted by atomic mass is 9.79. The zero-order valence-electron chi connectivity index (χ0n) is 12.8. The second-order valence-electron chi connectivity index (χ2n) is 7.39. The lowest BCUT2D eigenvalue weighted by Gasteiger charge is -2.26. The predicted octanol–water partition coefficient (Wildman–Crippen LogP) is 4.77. The van der Waals surface area contributed by atoms with Gasteiger partial charge in [0, 0.05) is 18.6 Å². The maximum Gasteiger partial charge on any atom is 0.0515 e. The number of hydrogen-bond acceptors (Lipinski definition) is 0. The Labute approximate surface area is 111 Å². The van der Waals surface area contributed by atoms with Crippen molar-refractivity contribution in [2.75, 3.05) is 0 Å². The van der Waals surface area contributed by atoms with Crippen LogP contribution in [0.5, 0.6) is 0 Å². The first-order chi connectivity index (χ1) is 8.10. The normalized spacial score (nSPS) is 13.3. The molecule has 1 aromatic carbocycles. The number of benzene rings is 1. The van der Waals surface area contributed by atoms with Crippen LogP contribution >= 0.6 is 0 Å². The van der Waals surface area contributed by atoms with Crippen molar-refractivity contribution in [2.45, 2.75) is 52.4 Å². The Hall–Kier alpha value is -1.24. The van der Waals surface area contributed by atoms with E-state index in [1.54, 1.807) is 0 Å². The second kappa shape index (κ2) is 3.88. The Morgan fingerprint density at radius 1 is 0.889 bits per heavy atom. The van der Waals surface area contributed by atoms with Gasteiger partial charge in [-0.05, 0) is 34.1 Å². The molecule has 1 heterocycles. The van der Waals surface area contributed by atoms with Gasteiger partial charge in [-0.2, -0.15) is 0 Å². The van der Waals surface area contributed by atoms with E-state index in [0.717, 1.165) is 0 Å². The molecule has 0 amide bonds. The lowest BCUT2D eigenvalue weighted by molar-refractivity contribution is 0.571. The minimum absolute atomic E-state index is 0.172. The third-order valence-electron chi connectivity index (χ3n) is 3.64. The number of aromatic nitrogens is 1. The van der Waals surface area contributed by atoms with Gasteiger partial charge in [-0.3, -0.25) is 0 Å². The maximum atomic E-state index is 2.39. The summed E-state index contributed by atoms with van der Waals surface area (Å²) in [6.45, 7) is 13.7. The molecule has 1 nitrogen and oxygen atoms in total. The molecule has 0 spiro atoms. The molecule has 1 heteroatoms. The van der Waals surface area contributed by atoms with Gasteiger partial charge in [0.15, 0.2) is 0 Å². The molecule has 98 valence electrons. The molecule has 0 fully saturated rings. The van der Waals surface area contributed by atoms with E-state index >= 15 is 0 Å². The molecule has 18 heavy (non-hydrogen) atoms. The average Bonchev–Trinajstić information content (AvgIpc) is 2.56. The first-order valence-corrected chi connectivity index (χ1v) is 6.71. The molecule has 0 saturated carbocycles. The summed E-state index contributed by atoms with van der Waals surface area (Å²) in [4.78, 5) is 0. The van der Waals surface area contributed by atoms with Crippen molar-refractivity contribution < 1.29 is 0 Å². The van der Waals surface area contributed by atoms with Crippen molar-refractivity contribution in [3.8, 4) is 0 Å². The zero-order valence-corrected chi connectivity index (χ0v) is 12.8. The number of fused-ring (bicyclic) bond motifs is 1. The van der Waals surface area contributed by atoms with Crippen LogP contribution in [0.4, 0.5) is 0 Å². The van der Waals surface area contributed by atoms with E-state index in [0.29, 0.717) is 0 Å². The number of nitrogens with zero attached hydrogens (tertiary/aromatic N) is 1. The first kappa shape index (κ1) is 13.2. The Morgan fingerprint density at radius 3 is 2.00 bits per heavy atom. The van der Waals surface area contributed by atoms with Gasteiger partial charge in [0.05, 0.1) is 5.52 Å². The molecule has 0 radical (unpaired) electrons. The number of rotatable bonds is 0. The molecule has 2 rings (SSSR count). The Morgan fingerprint density at radius 2 is 1.50 bits per heavy atom. The minimum Gasteiger partial charge on any atom is -0.350 e. The molecule has 1 aromatic heterocycles. The molecular formula is C17H25N. The van der Waals surface area contributed by atoms with Crippen LogP contribution in [0.2, 0.25) is 0 Å². The van der Waals surface area contributed by atoms with Crippen LogP contribution in [-0.4, -0.2) is 4.57 Å². The fourth-order valence-corrected chi connectivity index (χ4v) is 2.45. The van der Waals surface area contributed by atoms with Crippen LogP contribution in [0.25, 0.3) is 10.9 Å². The fraction of sp³-hybridized carbons (Fsp3) is 0.529. The molecule has 0 unspecified atom stereocenters. The standard InChI is InChI=1S/C17H25N/c1-16(2,3)13-10-12-8-9-18(7)15(12)14(11-13)17(4,5)6/h8-11H,1-7H3. The molecular weight excluding hydrogens is 218 g/mol. The molecule has 0 aliphatic heterocycles. The third-order valence-corrected chi connectivity index (χ3v) is 3.64. The van der Waals surface area contributed by atoms with Gasteiger partial charge < -0.3 is 4.57 Å². The van der Waals surface area contributed by atoms with E-state index in [-0.39, 0.29) is 10.8 Å². The van der Waals surface area contributed by atoms with Gasteiger partial charge in [0.2, 0.25) is 0 Å². The van der Waals surface area contributed by atoms with E-state index < -0.39 is 0 Å².